The third-order valence-corrected chi connectivity index (χ3v) is 2.34. The summed E-state index contributed by atoms with van der Waals surface area (Å²) < 4.78 is 0. The third-order valence-electron chi connectivity index (χ3n) is 2.34. The summed E-state index contributed by atoms with van der Waals surface area (Å²) in [7, 11) is 0. The molecular weight excluding hydrogens is 202 g/mol. The van der Waals surface area contributed by atoms with Gasteiger partial charge in [-0.1, -0.05) is 26.2 Å². The minimum absolute atomic E-state index is 0.101. The maximum absolute atomic E-state index is 11.6. The molecule has 0 atom stereocenters. The number of hydrogen-bond donors (Lipinski definition) is 2. The van der Waals surface area contributed by atoms with Crippen molar-refractivity contribution in [2.75, 3.05) is 12.3 Å². The van der Waals surface area contributed by atoms with Gasteiger partial charge in [-0.2, -0.15) is 0 Å². The van der Waals surface area contributed by atoms with Crippen molar-refractivity contribution >= 4 is 11.6 Å². The molecule has 1 aromatic heterocycles. The highest BCUT2D eigenvalue weighted by molar-refractivity contribution is 5.94. The Labute approximate surface area is 96.3 Å². The molecule has 4 nitrogen and oxygen atoms in total. The summed E-state index contributed by atoms with van der Waals surface area (Å²) in [6.45, 7) is 2.88. The summed E-state index contributed by atoms with van der Waals surface area (Å²) in [6.07, 6.45) is 7.65. The van der Waals surface area contributed by atoms with E-state index in [4.69, 9.17) is 5.73 Å². The number of amides is 1. The van der Waals surface area contributed by atoms with Crippen LogP contribution < -0.4 is 11.1 Å². The quantitative estimate of drug-likeness (QED) is 0.722. The van der Waals surface area contributed by atoms with Crippen molar-refractivity contribution in [3.8, 4) is 0 Å². The maximum Gasteiger partial charge on any atom is 0.252 e. The molecule has 0 bridgehead atoms. The van der Waals surface area contributed by atoms with Crippen LogP contribution in [0, 0.1) is 0 Å². The molecule has 0 aromatic carbocycles. The fourth-order valence-corrected chi connectivity index (χ4v) is 1.44. The van der Waals surface area contributed by atoms with Gasteiger partial charge in [-0.15, -0.1) is 0 Å². The number of unbranched alkanes of at least 4 members (excludes halogenated alkanes) is 3. The van der Waals surface area contributed by atoms with E-state index in [9.17, 15) is 4.79 Å². The highest BCUT2D eigenvalue weighted by Gasteiger charge is 2.04. The zero-order valence-electron chi connectivity index (χ0n) is 9.70. The van der Waals surface area contributed by atoms with Crippen LogP contribution >= 0.6 is 0 Å². The molecule has 0 aliphatic heterocycles. The molecule has 0 aliphatic rings. The second-order valence-corrected chi connectivity index (χ2v) is 3.82. The molecule has 1 aromatic rings. The Morgan fingerprint density at radius 2 is 2.19 bits per heavy atom. The lowest BCUT2D eigenvalue weighted by Crippen LogP contribution is -2.24. The minimum atomic E-state index is -0.101. The Bertz CT molecular complexity index is 339. The molecule has 3 N–H and O–H groups in total. The second-order valence-electron chi connectivity index (χ2n) is 3.82. The average Bonchev–Trinajstić information content (AvgIpc) is 2.28. The van der Waals surface area contributed by atoms with E-state index in [1.807, 2.05) is 0 Å². The smallest absolute Gasteiger partial charge is 0.252 e. The van der Waals surface area contributed by atoms with Crippen molar-refractivity contribution in [3.05, 3.63) is 24.0 Å². The van der Waals surface area contributed by atoms with Crippen molar-refractivity contribution in [2.45, 2.75) is 32.6 Å². The van der Waals surface area contributed by atoms with Crippen molar-refractivity contribution < 1.29 is 4.79 Å². The lowest BCUT2D eigenvalue weighted by atomic mass is 10.2. The van der Waals surface area contributed by atoms with E-state index in [-0.39, 0.29) is 5.91 Å². The Kier molecular flexibility index (Phi) is 5.32. The first-order chi connectivity index (χ1) is 7.74. The summed E-state index contributed by atoms with van der Waals surface area (Å²) >= 11 is 0. The highest BCUT2D eigenvalue weighted by Crippen LogP contribution is 2.03. The Morgan fingerprint density at radius 1 is 1.38 bits per heavy atom. The van der Waals surface area contributed by atoms with Crippen LogP contribution in [0.5, 0.6) is 0 Å². The lowest BCUT2D eigenvalue weighted by Gasteiger charge is -2.04. The Hall–Kier alpha value is -1.58. The first-order valence-electron chi connectivity index (χ1n) is 5.72. The van der Waals surface area contributed by atoms with Crippen LogP contribution in [0.15, 0.2) is 18.5 Å². The van der Waals surface area contributed by atoms with Crippen molar-refractivity contribution in [3.63, 3.8) is 0 Å². The second kappa shape index (κ2) is 6.82. The molecule has 4 heteroatoms. The van der Waals surface area contributed by atoms with Crippen LogP contribution in [-0.2, 0) is 0 Å². The lowest BCUT2D eigenvalue weighted by molar-refractivity contribution is 0.0952. The summed E-state index contributed by atoms with van der Waals surface area (Å²) in [6, 6.07) is 1.63. The fourth-order valence-electron chi connectivity index (χ4n) is 1.44. The normalized spacial score (nSPS) is 10.1. The zero-order chi connectivity index (χ0) is 11.8. The molecule has 1 amide bonds. The summed E-state index contributed by atoms with van der Waals surface area (Å²) in [4.78, 5) is 15.5. The van der Waals surface area contributed by atoms with E-state index in [0.29, 0.717) is 17.8 Å². The number of carbonyl (C=O) groups is 1. The number of nitrogens with two attached hydrogens (primary N) is 1. The van der Waals surface area contributed by atoms with E-state index in [1.54, 1.807) is 6.07 Å². The third kappa shape index (κ3) is 4.29. The minimum Gasteiger partial charge on any atom is -0.397 e. The van der Waals surface area contributed by atoms with Gasteiger partial charge in [-0.3, -0.25) is 9.78 Å². The van der Waals surface area contributed by atoms with Gasteiger partial charge in [-0.25, -0.2) is 0 Å². The molecule has 0 unspecified atom stereocenters. The molecule has 0 fully saturated rings. The number of hydrogen-bond acceptors (Lipinski definition) is 3. The molecular formula is C12H19N3O. The molecule has 16 heavy (non-hydrogen) atoms. The summed E-state index contributed by atoms with van der Waals surface area (Å²) in [5.41, 5.74) is 6.58. The molecule has 0 spiro atoms. The topological polar surface area (TPSA) is 68.0 Å². The number of nitrogen functional groups attached to an aromatic ring is 1. The largest absolute Gasteiger partial charge is 0.397 e. The Balaban J connectivity index is 2.30. The van der Waals surface area contributed by atoms with Gasteiger partial charge < -0.3 is 11.1 Å². The number of aromatic nitrogens is 1. The standard InChI is InChI=1S/C12H19N3O/c1-2-3-4-5-6-15-12(16)10-7-11(13)9-14-8-10/h7-9H,2-6,13H2,1H3,(H,15,16). The van der Waals surface area contributed by atoms with Crippen LogP contribution in [-0.4, -0.2) is 17.4 Å². The van der Waals surface area contributed by atoms with Gasteiger partial charge in [0.2, 0.25) is 0 Å². The number of anilines is 1. The van der Waals surface area contributed by atoms with Crippen molar-refractivity contribution in [2.24, 2.45) is 0 Å². The molecule has 88 valence electrons. The van der Waals surface area contributed by atoms with Gasteiger partial charge in [0.15, 0.2) is 0 Å². The first-order valence-corrected chi connectivity index (χ1v) is 5.72. The van der Waals surface area contributed by atoms with Crippen molar-refractivity contribution in [1.29, 1.82) is 0 Å². The highest BCUT2D eigenvalue weighted by atomic mass is 16.1. The average molecular weight is 221 g/mol. The predicted octanol–water partition coefficient (Wildman–Crippen LogP) is 1.97. The van der Waals surface area contributed by atoms with Gasteiger partial charge in [0, 0.05) is 18.9 Å². The van der Waals surface area contributed by atoms with Gasteiger partial charge in [0.05, 0.1) is 11.3 Å². The molecule has 0 saturated carbocycles. The summed E-state index contributed by atoms with van der Waals surface area (Å²) in [5.74, 6) is -0.101. The molecule has 1 rings (SSSR count). The SMILES string of the molecule is CCCCCCNC(=O)c1cncc(N)c1. The number of rotatable bonds is 6. The van der Waals surface area contributed by atoms with Gasteiger partial charge in [0.25, 0.3) is 5.91 Å². The van der Waals surface area contributed by atoms with E-state index < -0.39 is 0 Å². The van der Waals surface area contributed by atoms with Crippen LogP contribution in [0.1, 0.15) is 43.0 Å². The van der Waals surface area contributed by atoms with E-state index >= 15 is 0 Å². The van der Waals surface area contributed by atoms with Gasteiger partial charge in [-0.05, 0) is 12.5 Å². The monoisotopic (exact) mass is 221 g/mol. The van der Waals surface area contributed by atoms with E-state index in [2.05, 4.69) is 17.2 Å². The van der Waals surface area contributed by atoms with Crippen molar-refractivity contribution in [1.82, 2.24) is 10.3 Å². The van der Waals surface area contributed by atoms with Gasteiger partial charge >= 0.3 is 0 Å². The van der Waals surface area contributed by atoms with Gasteiger partial charge in [0.1, 0.15) is 0 Å². The van der Waals surface area contributed by atoms with Crippen LogP contribution in [0.25, 0.3) is 0 Å². The number of carbonyl (C=O) groups excluding carboxylic acids is 1. The number of nitrogens with one attached hydrogen (secondary N) is 1. The number of pyridine rings is 1. The van der Waals surface area contributed by atoms with Crippen LogP contribution in [0.2, 0.25) is 0 Å². The molecule has 1 heterocycles. The first kappa shape index (κ1) is 12.5. The summed E-state index contributed by atoms with van der Waals surface area (Å²) in [5, 5.41) is 2.85. The van der Waals surface area contributed by atoms with Crippen LogP contribution in [0.3, 0.4) is 0 Å². The molecule has 0 aliphatic carbocycles. The predicted molar refractivity (Wildman–Crippen MR) is 65.1 cm³/mol. The molecule has 0 radical (unpaired) electrons. The number of nitrogens with zero attached hydrogens (tertiary/aromatic N) is 1. The van der Waals surface area contributed by atoms with E-state index in [0.717, 1.165) is 12.8 Å². The van der Waals surface area contributed by atoms with Crippen LogP contribution in [0.4, 0.5) is 5.69 Å². The Morgan fingerprint density at radius 3 is 2.88 bits per heavy atom. The zero-order valence-corrected chi connectivity index (χ0v) is 9.70. The maximum atomic E-state index is 11.6. The fraction of sp³-hybridized carbons (Fsp3) is 0.500. The molecule has 0 saturated heterocycles. The van der Waals surface area contributed by atoms with E-state index in [1.165, 1.54) is 25.2 Å².